The summed E-state index contributed by atoms with van der Waals surface area (Å²) >= 11 is -2.28. The van der Waals surface area contributed by atoms with Gasteiger partial charge in [-0.05, 0) is 31.9 Å². The average molecular weight is 221 g/mol. The van der Waals surface area contributed by atoms with Gasteiger partial charge in [-0.25, -0.2) is 0 Å². The summed E-state index contributed by atoms with van der Waals surface area (Å²) in [5.41, 5.74) is -0.906. The number of rotatable bonds is 1. The van der Waals surface area contributed by atoms with Crippen LogP contribution in [0.25, 0.3) is 0 Å². The first-order valence-corrected chi connectivity index (χ1v) is 5.64. The average Bonchev–Trinajstić information content (AvgIpc) is 2.47. The topological polar surface area (TPSA) is 67.8 Å². The van der Waals surface area contributed by atoms with Crippen molar-refractivity contribution in [3.63, 3.8) is 0 Å². The van der Waals surface area contributed by atoms with Crippen LogP contribution in [0.3, 0.4) is 0 Å². The van der Waals surface area contributed by atoms with E-state index in [1.807, 2.05) is 0 Å². The van der Waals surface area contributed by atoms with Crippen LogP contribution in [0.2, 0.25) is 0 Å². The molecule has 0 bridgehead atoms. The Kier molecular flexibility index (Phi) is 2.43. The fraction of sp³-hybridized carbons (Fsp3) is 1.00. The number of hydrogen-bond donors (Lipinski definition) is 0. The molecule has 0 saturated carbocycles. The second-order valence-electron chi connectivity index (χ2n) is 4.03. The van der Waals surface area contributed by atoms with Gasteiger partial charge in [-0.15, -0.1) is 0 Å². The monoisotopic (exact) mass is 221 g/mol. The SMILES string of the molecule is C[C@H]1OC(S(=O)[O-])[C@@H]2OC(C)(C)O[C@H]12. The van der Waals surface area contributed by atoms with E-state index in [2.05, 4.69) is 0 Å². The van der Waals surface area contributed by atoms with Crippen molar-refractivity contribution in [2.24, 2.45) is 0 Å². The third kappa shape index (κ3) is 1.61. The molecule has 14 heavy (non-hydrogen) atoms. The minimum atomic E-state index is -2.28. The summed E-state index contributed by atoms with van der Waals surface area (Å²) in [5, 5.41) is 0. The van der Waals surface area contributed by atoms with E-state index in [1.54, 1.807) is 20.8 Å². The van der Waals surface area contributed by atoms with E-state index < -0.39 is 28.4 Å². The highest BCUT2D eigenvalue weighted by Crippen LogP contribution is 2.39. The van der Waals surface area contributed by atoms with Crippen LogP contribution in [0.15, 0.2) is 0 Å². The smallest absolute Gasteiger partial charge is 0.164 e. The Morgan fingerprint density at radius 2 is 1.86 bits per heavy atom. The van der Waals surface area contributed by atoms with E-state index >= 15 is 0 Å². The normalized spacial score (nSPS) is 47.7. The van der Waals surface area contributed by atoms with Crippen LogP contribution in [0.5, 0.6) is 0 Å². The van der Waals surface area contributed by atoms with Crippen molar-refractivity contribution in [1.82, 2.24) is 0 Å². The van der Waals surface area contributed by atoms with Gasteiger partial charge in [-0.1, -0.05) is 0 Å². The van der Waals surface area contributed by atoms with Crippen LogP contribution >= 0.6 is 0 Å². The molecular weight excluding hydrogens is 208 g/mol. The maximum absolute atomic E-state index is 10.8. The van der Waals surface area contributed by atoms with Crippen molar-refractivity contribution in [3.8, 4) is 0 Å². The Morgan fingerprint density at radius 1 is 1.29 bits per heavy atom. The summed E-state index contributed by atoms with van der Waals surface area (Å²) < 4.78 is 37.9. The number of hydrogen-bond acceptors (Lipinski definition) is 5. The summed E-state index contributed by atoms with van der Waals surface area (Å²) in [6, 6.07) is 0. The van der Waals surface area contributed by atoms with Gasteiger partial charge >= 0.3 is 0 Å². The fourth-order valence-electron chi connectivity index (χ4n) is 1.91. The summed E-state index contributed by atoms with van der Waals surface area (Å²) in [5.74, 6) is -0.717. The third-order valence-electron chi connectivity index (χ3n) is 2.43. The molecule has 0 aromatic carbocycles. The largest absolute Gasteiger partial charge is 0.770 e. The maximum atomic E-state index is 10.8. The molecule has 0 N–H and O–H groups in total. The second-order valence-corrected chi connectivity index (χ2v) is 5.02. The number of ether oxygens (including phenoxy) is 3. The van der Waals surface area contributed by atoms with E-state index in [-0.39, 0.29) is 12.2 Å². The molecule has 0 radical (unpaired) electrons. The lowest BCUT2D eigenvalue weighted by Crippen LogP contribution is -2.32. The molecule has 0 aromatic heterocycles. The minimum Gasteiger partial charge on any atom is -0.770 e. The molecule has 2 saturated heterocycles. The Balaban J connectivity index is 2.19. The predicted molar refractivity (Wildman–Crippen MR) is 47.1 cm³/mol. The highest BCUT2D eigenvalue weighted by molar-refractivity contribution is 7.79. The van der Waals surface area contributed by atoms with E-state index in [4.69, 9.17) is 14.2 Å². The van der Waals surface area contributed by atoms with Gasteiger partial charge in [-0.2, -0.15) is 0 Å². The Hall–Kier alpha value is -0.0100. The molecule has 2 fully saturated rings. The van der Waals surface area contributed by atoms with Crippen LogP contribution in [-0.2, 0) is 25.3 Å². The summed E-state index contributed by atoms with van der Waals surface area (Å²) in [6.45, 7) is 5.32. The Morgan fingerprint density at radius 3 is 2.43 bits per heavy atom. The minimum absolute atomic E-state index is 0.246. The second kappa shape index (κ2) is 3.24. The van der Waals surface area contributed by atoms with Crippen molar-refractivity contribution in [2.75, 3.05) is 0 Å². The molecule has 0 amide bonds. The van der Waals surface area contributed by atoms with Gasteiger partial charge in [0.2, 0.25) is 0 Å². The Labute approximate surface area is 85.0 Å². The summed E-state index contributed by atoms with van der Waals surface area (Å²) in [4.78, 5) is 0. The lowest BCUT2D eigenvalue weighted by molar-refractivity contribution is -0.177. The van der Waals surface area contributed by atoms with Gasteiger partial charge in [0.1, 0.15) is 17.6 Å². The van der Waals surface area contributed by atoms with Crippen LogP contribution < -0.4 is 0 Å². The van der Waals surface area contributed by atoms with Crippen molar-refractivity contribution in [3.05, 3.63) is 0 Å². The molecule has 2 heterocycles. The molecule has 6 heteroatoms. The van der Waals surface area contributed by atoms with E-state index in [1.165, 1.54) is 0 Å². The molecule has 0 aromatic rings. The number of fused-ring (bicyclic) bond motifs is 1. The van der Waals surface area contributed by atoms with Gasteiger partial charge in [0.05, 0.1) is 6.10 Å². The summed E-state index contributed by atoms with van der Waals surface area (Å²) in [6.07, 6.45) is -1.03. The molecule has 82 valence electrons. The van der Waals surface area contributed by atoms with Crippen molar-refractivity contribution < 1.29 is 23.0 Å². The first-order chi connectivity index (χ1) is 6.41. The summed E-state index contributed by atoms with van der Waals surface area (Å²) in [7, 11) is 0. The third-order valence-corrected chi connectivity index (χ3v) is 3.19. The molecular formula is C8H13O5S-. The highest BCUT2D eigenvalue weighted by atomic mass is 32.2. The molecule has 5 atom stereocenters. The van der Waals surface area contributed by atoms with E-state index in [0.717, 1.165) is 0 Å². The standard InChI is InChI=1S/C8H14O5S/c1-4-5-6(7(11-4)14(9)10)13-8(2,3)12-5/h4-7H,1-3H3,(H,9,10)/p-1/t4-,5-,6-,7?/m1/s1. The highest BCUT2D eigenvalue weighted by Gasteiger charge is 2.54. The zero-order valence-electron chi connectivity index (χ0n) is 8.26. The lowest BCUT2D eigenvalue weighted by Gasteiger charge is -2.23. The first-order valence-electron chi connectivity index (χ1n) is 4.50. The van der Waals surface area contributed by atoms with Crippen molar-refractivity contribution in [2.45, 2.75) is 50.3 Å². The van der Waals surface area contributed by atoms with Gasteiger partial charge < -0.3 is 18.8 Å². The molecule has 2 aliphatic rings. The fourth-order valence-corrected chi connectivity index (χ4v) is 2.61. The molecule has 0 spiro atoms. The molecule has 5 nitrogen and oxygen atoms in total. The van der Waals surface area contributed by atoms with E-state index in [0.29, 0.717) is 0 Å². The molecule has 0 aliphatic carbocycles. The van der Waals surface area contributed by atoms with E-state index in [9.17, 15) is 8.76 Å². The zero-order chi connectivity index (χ0) is 10.5. The maximum Gasteiger partial charge on any atom is 0.164 e. The molecule has 2 unspecified atom stereocenters. The van der Waals surface area contributed by atoms with Crippen molar-refractivity contribution in [1.29, 1.82) is 0 Å². The zero-order valence-corrected chi connectivity index (χ0v) is 9.08. The van der Waals surface area contributed by atoms with Crippen molar-refractivity contribution >= 4 is 11.1 Å². The van der Waals surface area contributed by atoms with Gasteiger partial charge in [0, 0.05) is 0 Å². The molecule has 2 aliphatic heterocycles. The van der Waals surface area contributed by atoms with Crippen LogP contribution in [-0.4, -0.2) is 38.3 Å². The van der Waals surface area contributed by atoms with Gasteiger partial charge in [0.15, 0.2) is 5.79 Å². The van der Waals surface area contributed by atoms with Gasteiger partial charge in [0.25, 0.3) is 0 Å². The first kappa shape index (κ1) is 10.5. The lowest BCUT2D eigenvalue weighted by atomic mass is 10.2. The van der Waals surface area contributed by atoms with Crippen LogP contribution in [0.4, 0.5) is 0 Å². The van der Waals surface area contributed by atoms with Crippen LogP contribution in [0.1, 0.15) is 20.8 Å². The quantitative estimate of drug-likeness (QED) is 0.589. The molecule has 2 rings (SSSR count). The Bertz CT molecular complexity index is 266. The van der Waals surface area contributed by atoms with Crippen LogP contribution in [0, 0.1) is 0 Å². The van der Waals surface area contributed by atoms with Gasteiger partial charge in [-0.3, -0.25) is 4.21 Å². The predicted octanol–water partition coefficient (Wildman–Crippen LogP) is 0.130.